The standard InChI is InChI=1S/C12H13N3O2S2/c1-19(16,17)10-4-2-3-8(7-10)11-13-14-12(18)15(11)9-5-6-9/h2-4,7,9H,5-6H2,1H3,(H,14,18). The van der Waals surface area contributed by atoms with Crippen LogP contribution in [-0.2, 0) is 9.84 Å². The number of sulfone groups is 1. The molecule has 1 aromatic heterocycles. The lowest BCUT2D eigenvalue weighted by Crippen LogP contribution is -2.00. The van der Waals surface area contributed by atoms with Gasteiger partial charge in [-0.3, -0.25) is 9.67 Å². The molecule has 1 heterocycles. The van der Waals surface area contributed by atoms with Crippen LogP contribution in [0.1, 0.15) is 18.9 Å². The minimum Gasteiger partial charge on any atom is -0.297 e. The molecule has 1 aromatic carbocycles. The summed E-state index contributed by atoms with van der Waals surface area (Å²) in [5.41, 5.74) is 0.766. The van der Waals surface area contributed by atoms with Crippen LogP contribution in [-0.4, -0.2) is 29.4 Å². The predicted octanol–water partition coefficient (Wildman–Crippen LogP) is 2.35. The second-order valence-corrected chi connectivity index (χ2v) is 7.16. The Balaban J connectivity index is 2.15. The molecule has 0 bridgehead atoms. The summed E-state index contributed by atoms with van der Waals surface area (Å²) in [5.74, 6) is 0.706. The van der Waals surface area contributed by atoms with Crippen molar-refractivity contribution in [2.24, 2.45) is 0 Å². The Morgan fingerprint density at radius 1 is 1.42 bits per heavy atom. The van der Waals surface area contributed by atoms with Crippen molar-refractivity contribution in [1.29, 1.82) is 0 Å². The molecule has 100 valence electrons. The first kappa shape index (κ1) is 12.6. The first-order chi connectivity index (χ1) is 8.97. The Labute approximate surface area is 116 Å². The number of aromatic nitrogens is 3. The van der Waals surface area contributed by atoms with E-state index >= 15 is 0 Å². The molecule has 0 atom stereocenters. The lowest BCUT2D eigenvalue weighted by molar-refractivity contribution is 0.602. The summed E-state index contributed by atoms with van der Waals surface area (Å²) in [6, 6.07) is 7.18. The van der Waals surface area contributed by atoms with Gasteiger partial charge < -0.3 is 0 Å². The molecule has 0 radical (unpaired) electrons. The number of nitrogens with zero attached hydrogens (tertiary/aromatic N) is 2. The quantitative estimate of drug-likeness (QED) is 0.883. The average molecular weight is 295 g/mol. The third-order valence-corrected chi connectivity index (χ3v) is 4.54. The highest BCUT2D eigenvalue weighted by Gasteiger charge is 2.27. The van der Waals surface area contributed by atoms with Crippen LogP contribution in [0.2, 0.25) is 0 Å². The van der Waals surface area contributed by atoms with Crippen molar-refractivity contribution in [2.75, 3.05) is 6.26 Å². The van der Waals surface area contributed by atoms with Crippen LogP contribution in [0.25, 0.3) is 11.4 Å². The molecule has 1 aliphatic carbocycles. The largest absolute Gasteiger partial charge is 0.297 e. The molecule has 3 rings (SSSR count). The highest BCUT2D eigenvalue weighted by molar-refractivity contribution is 7.90. The first-order valence-electron chi connectivity index (χ1n) is 5.94. The summed E-state index contributed by atoms with van der Waals surface area (Å²) in [5, 5.41) is 7.00. The molecule has 1 N–H and O–H groups in total. The van der Waals surface area contributed by atoms with Gasteiger partial charge in [-0.15, -0.1) is 0 Å². The van der Waals surface area contributed by atoms with Gasteiger partial charge in [-0.1, -0.05) is 12.1 Å². The van der Waals surface area contributed by atoms with Gasteiger partial charge in [-0.05, 0) is 37.2 Å². The summed E-state index contributed by atoms with van der Waals surface area (Å²) < 4.78 is 25.7. The monoisotopic (exact) mass is 295 g/mol. The Morgan fingerprint density at radius 3 is 2.79 bits per heavy atom. The lowest BCUT2D eigenvalue weighted by Gasteiger charge is -2.06. The maximum absolute atomic E-state index is 11.6. The summed E-state index contributed by atoms with van der Waals surface area (Å²) >= 11 is 5.22. The van der Waals surface area contributed by atoms with Crippen molar-refractivity contribution >= 4 is 22.1 Å². The van der Waals surface area contributed by atoms with Gasteiger partial charge >= 0.3 is 0 Å². The average Bonchev–Trinajstić information content (AvgIpc) is 3.12. The van der Waals surface area contributed by atoms with Crippen LogP contribution in [0.4, 0.5) is 0 Å². The van der Waals surface area contributed by atoms with Gasteiger partial charge in [-0.2, -0.15) is 5.10 Å². The number of benzene rings is 1. The van der Waals surface area contributed by atoms with Crippen molar-refractivity contribution in [3.05, 3.63) is 29.0 Å². The molecule has 1 fully saturated rings. The Kier molecular flexibility index (Phi) is 2.83. The van der Waals surface area contributed by atoms with Crippen molar-refractivity contribution in [3.8, 4) is 11.4 Å². The molecule has 0 unspecified atom stereocenters. The van der Waals surface area contributed by atoms with Gasteiger partial charge in [0, 0.05) is 17.9 Å². The second kappa shape index (κ2) is 4.28. The molecule has 19 heavy (non-hydrogen) atoms. The van der Waals surface area contributed by atoms with E-state index in [2.05, 4.69) is 10.2 Å². The predicted molar refractivity (Wildman–Crippen MR) is 74.2 cm³/mol. The Bertz CT molecular complexity index is 785. The maximum Gasteiger partial charge on any atom is 0.195 e. The van der Waals surface area contributed by atoms with Gasteiger partial charge in [-0.25, -0.2) is 8.42 Å². The van der Waals surface area contributed by atoms with E-state index < -0.39 is 9.84 Å². The number of hydrogen-bond donors (Lipinski definition) is 1. The molecule has 1 aliphatic rings. The molecule has 0 saturated heterocycles. The van der Waals surface area contributed by atoms with Gasteiger partial charge in [0.15, 0.2) is 20.4 Å². The van der Waals surface area contributed by atoms with E-state index in [4.69, 9.17) is 12.2 Å². The summed E-state index contributed by atoms with van der Waals surface area (Å²) in [7, 11) is -3.22. The van der Waals surface area contributed by atoms with E-state index in [-0.39, 0.29) is 0 Å². The molecule has 0 spiro atoms. The summed E-state index contributed by atoms with van der Waals surface area (Å²) in [6.45, 7) is 0. The SMILES string of the molecule is CS(=O)(=O)c1cccc(-c2n[nH]c(=S)n2C2CC2)c1. The van der Waals surface area contributed by atoms with Crippen LogP contribution < -0.4 is 0 Å². The Morgan fingerprint density at radius 2 is 2.16 bits per heavy atom. The van der Waals surface area contributed by atoms with Crippen molar-refractivity contribution in [2.45, 2.75) is 23.8 Å². The third-order valence-electron chi connectivity index (χ3n) is 3.14. The zero-order valence-corrected chi connectivity index (χ0v) is 12.0. The Hall–Kier alpha value is -1.47. The first-order valence-corrected chi connectivity index (χ1v) is 8.24. The minimum absolute atomic E-state index is 0.293. The van der Waals surface area contributed by atoms with Crippen LogP contribution >= 0.6 is 12.2 Å². The van der Waals surface area contributed by atoms with Gasteiger partial charge in [0.1, 0.15) is 0 Å². The van der Waals surface area contributed by atoms with Gasteiger partial charge in [0.2, 0.25) is 0 Å². The smallest absolute Gasteiger partial charge is 0.195 e. The highest BCUT2D eigenvalue weighted by Crippen LogP contribution is 2.38. The van der Waals surface area contributed by atoms with Crippen LogP contribution in [0.5, 0.6) is 0 Å². The van der Waals surface area contributed by atoms with Crippen molar-refractivity contribution < 1.29 is 8.42 Å². The maximum atomic E-state index is 11.6. The van der Waals surface area contributed by atoms with Crippen LogP contribution in [0.15, 0.2) is 29.2 Å². The zero-order valence-electron chi connectivity index (χ0n) is 10.3. The number of aromatic amines is 1. The molecule has 1 saturated carbocycles. The minimum atomic E-state index is -3.22. The van der Waals surface area contributed by atoms with Gasteiger partial charge in [0.25, 0.3) is 0 Å². The number of H-pyrrole nitrogens is 1. The fourth-order valence-electron chi connectivity index (χ4n) is 2.05. The molecule has 0 amide bonds. The number of rotatable bonds is 3. The van der Waals surface area contributed by atoms with E-state index in [1.165, 1.54) is 6.26 Å². The van der Waals surface area contributed by atoms with Gasteiger partial charge in [0.05, 0.1) is 4.90 Å². The number of hydrogen-bond acceptors (Lipinski definition) is 4. The molecule has 5 nitrogen and oxygen atoms in total. The topological polar surface area (TPSA) is 67.8 Å². The fraction of sp³-hybridized carbons (Fsp3) is 0.333. The van der Waals surface area contributed by atoms with E-state index in [9.17, 15) is 8.42 Å². The third kappa shape index (κ3) is 2.35. The van der Waals surface area contributed by atoms with E-state index in [0.717, 1.165) is 18.4 Å². The number of nitrogens with one attached hydrogen (secondary N) is 1. The lowest BCUT2D eigenvalue weighted by atomic mass is 10.2. The van der Waals surface area contributed by atoms with Crippen LogP contribution in [0.3, 0.4) is 0 Å². The molecular weight excluding hydrogens is 282 g/mol. The van der Waals surface area contributed by atoms with Crippen molar-refractivity contribution in [1.82, 2.24) is 14.8 Å². The highest BCUT2D eigenvalue weighted by atomic mass is 32.2. The second-order valence-electron chi connectivity index (χ2n) is 4.75. The zero-order chi connectivity index (χ0) is 13.6. The van der Waals surface area contributed by atoms with Crippen LogP contribution in [0, 0.1) is 4.77 Å². The molecule has 0 aliphatic heterocycles. The summed E-state index contributed by atoms with van der Waals surface area (Å²) in [4.78, 5) is 0.293. The summed E-state index contributed by atoms with van der Waals surface area (Å²) in [6.07, 6.45) is 3.38. The van der Waals surface area contributed by atoms with E-state index in [1.54, 1.807) is 18.2 Å². The van der Waals surface area contributed by atoms with E-state index in [1.807, 2.05) is 10.6 Å². The fourth-order valence-corrected chi connectivity index (χ4v) is 2.99. The van der Waals surface area contributed by atoms with E-state index in [0.29, 0.717) is 21.5 Å². The molecule has 7 heteroatoms. The molecular formula is C12H13N3O2S2. The molecule has 2 aromatic rings. The normalized spacial score (nSPS) is 15.6. The van der Waals surface area contributed by atoms with Crippen molar-refractivity contribution in [3.63, 3.8) is 0 Å².